The molecule has 0 aromatic carbocycles. The summed E-state index contributed by atoms with van der Waals surface area (Å²) in [5.41, 5.74) is 2.62. The van der Waals surface area contributed by atoms with E-state index in [1.807, 2.05) is 11.7 Å². The maximum Gasteiger partial charge on any atom is 0.0684 e. The van der Waals surface area contributed by atoms with E-state index in [4.69, 9.17) is 0 Å². The normalized spacial score (nSPS) is 23.3. The van der Waals surface area contributed by atoms with Crippen LogP contribution in [-0.4, -0.2) is 15.8 Å². The van der Waals surface area contributed by atoms with Crippen molar-refractivity contribution in [2.75, 3.05) is 0 Å². The molecule has 3 heteroatoms. The van der Waals surface area contributed by atoms with Crippen LogP contribution < -0.4 is 5.32 Å². The molecule has 0 aliphatic carbocycles. The molecule has 1 aliphatic rings. The molecule has 11 heavy (non-hydrogen) atoms. The minimum absolute atomic E-state index is 0.581. The van der Waals surface area contributed by atoms with Crippen LogP contribution >= 0.6 is 0 Å². The minimum Gasteiger partial charge on any atom is -0.310 e. The molecule has 0 fully saturated rings. The first-order valence-corrected chi connectivity index (χ1v) is 4.00. The van der Waals surface area contributed by atoms with Crippen LogP contribution in [0.2, 0.25) is 0 Å². The van der Waals surface area contributed by atoms with E-state index >= 15 is 0 Å². The molecular weight excluding hydrogens is 138 g/mol. The van der Waals surface area contributed by atoms with Crippen molar-refractivity contribution in [2.24, 2.45) is 7.05 Å². The van der Waals surface area contributed by atoms with E-state index in [1.54, 1.807) is 0 Å². The van der Waals surface area contributed by atoms with Crippen molar-refractivity contribution in [3.05, 3.63) is 17.5 Å². The third kappa shape index (κ3) is 1.16. The lowest BCUT2D eigenvalue weighted by molar-refractivity contribution is 0.507. The number of rotatable bonds is 0. The average molecular weight is 151 g/mol. The van der Waals surface area contributed by atoms with Gasteiger partial charge in [-0.3, -0.25) is 4.68 Å². The van der Waals surface area contributed by atoms with Crippen LogP contribution in [0, 0.1) is 0 Å². The molecular formula is C8H13N3. The Bertz CT molecular complexity index is 264. The van der Waals surface area contributed by atoms with Gasteiger partial charge < -0.3 is 5.32 Å². The van der Waals surface area contributed by atoms with Gasteiger partial charge >= 0.3 is 0 Å². The molecule has 0 bridgehead atoms. The van der Waals surface area contributed by atoms with Gasteiger partial charge in [-0.15, -0.1) is 0 Å². The number of aryl methyl sites for hydroxylation is 1. The van der Waals surface area contributed by atoms with Crippen LogP contribution in [0.4, 0.5) is 0 Å². The van der Waals surface area contributed by atoms with E-state index < -0.39 is 0 Å². The van der Waals surface area contributed by atoms with Gasteiger partial charge in [-0.1, -0.05) is 0 Å². The minimum atomic E-state index is 0.581. The van der Waals surface area contributed by atoms with Gasteiger partial charge in [-0.05, 0) is 6.92 Å². The summed E-state index contributed by atoms with van der Waals surface area (Å²) < 4.78 is 1.89. The second kappa shape index (κ2) is 2.34. The van der Waals surface area contributed by atoms with E-state index in [0.717, 1.165) is 13.0 Å². The van der Waals surface area contributed by atoms with Crippen molar-refractivity contribution in [3.63, 3.8) is 0 Å². The molecule has 0 amide bonds. The second-order valence-electron chi connectivity index (χ2n) is 3.26. The lowest BCUT2D eigenvalue weighted by Gasteiger charge is -2.18. The number of aromatic nitrogens is 2. The fourth-order valence-corrected chi connectivity index (χ4v) is 1.55. The smallest absolute Gasteiger partial charge is 0.0684 e. The summed E-state index contributed by atoms with van der Waals surface area (Å²) in [6, 6.07) is 0.581. The number of hydrogen-bond acceptors (Lipinski definition) is 2. The quantitative estimate of drug-likeness (QED) is 0.583. The van der Waals surface area contributed by atoms with Crippen molar-refractivity contribution in [2.45, 2.75) is 25.9 Å². The molecule has 0 radical (unpaired) electrons. The Hall–Kier alpha value is -0.830. The molecule has 1 aromatic heterocycles. The van der Waals surface area contributed by atoms with E-state index in [1.165, 1.54) is 11.3 Å². The van der Waals surface area contributed by atoms with Crippen molar-refractivity contribution < 1.29 is 0 Å². The first-order chi connectivity index (χ1) is 5.25. The maximum atomic E-state index is 4.38. The Kier molecular flexibility index (Phi) is 1.46. The standard InChI is InChI=1S/C8H13N3/c1-6-3-8-7(4-9-6)5-11(2)10-8/h5-6,9H,3-4H2,1-2H3/t6-/m1/s1. The predicted octanol–water partition coefficient (Wildman–Crippen LogP) is 0.454. The molecule has 1 aliphatic heterocycles. The Labute approximate surface area is 66.4 Å². The van der Waals surface area contributed by atoms with Crippen molar-refractivity contribution >= 4 is 0 Å². The van der Waals surface area contributed by atoms with E-state index in [2.05, 4.69) is 23.5 Å². The molecule has 0 saturated heterocycles. The van der Waals surface area contributed by atoms with Gasteiger partial charge in [-0.2, -0.15) is 5.10 Å². The van der Waals surface area contributed by atoms with E-state index in [-0.39, 0.29) is 0 Å². The predicted molar refractivity (Wildman–Crippen MR) is 43.2 cm³/mol. The Morgan fingerprint density at radius 1 is 1.73 bits per heavy atom. The van der Waals surface area contributed by atoms with Gasteiger partial charge in [0.05, 0.1) is 5.69 Å². The number of nitrogens with one attached hydrogen (secondary N) is 1. The number of nitrogens with zero attached hydrogens (tertiary/aromatic N) is 2. The number of hydrogen-bond donors (Lipinski definition) is 1. The summed E-state index contributed by atoms with van der Waals surface area (Å²) in [5, 5.41) is 7.78. The zero-order valence-electron chi connectivity index (χ0n) is 6.96. The largest absolute Gasteiger partial charge is 0.310 e. The fraction of sp³-hybridized carbons (Fsp3) is 0.625. The van der Waals surface area contributed by atoms with Gasteiger partial charge in [-0.25, -0.2) is 0 Å². The molecule has 2 rings (SSSR count). The lowest BCUT2D eigenvalue weighted by Crippen LogP contribution is -2.32. The maximum absolute atomic E-state index is 4.38. The summed E-state index contributed by atoms with van der Waals surface area (Å²) in [7, 11) is 1.98. The summed E-state index contributed by atoms with van der Waals surface area (Å²) in [5.74, 6) is 0. The summed E-state index contributed by atoms with van der Waals surface area (Å²) in [6.07, 6.45) is 3.16. The SMILES string of the molecule is C[C@@H]1Cc2nn(C)cc2CN1. The average Bonchev–Trinajstić information content (AvgIpc) is 2.27. The second-order valence-corrected chi connectivity index (χ2v) is 3.26. The highest BCUT2D eigenvalue weighted by Gasteiger charge is 2.16. The van der Waals surface area contributed by atoms with Crippen LogP contribution in [-0.2, 0) is 20.0 Å². The highest BCUT2D eigenvalue weighted by Crippen LogP contribution is 2.13. The zero-order chi connectivity index (χ0) is 7.84. The molecule has 0 unspecified atom stereocenters. The Morgan fingerprint density at radius 2 is 2.55 bits per heavy atom. The summed E-state index contributed by atoms with van der Waals surface area (Å²) in [4.78, 5) is 0. The van der Waals surface area contributed by atoms with Gasteiger partial charge in [0.25, 0.3) is 0 Å². The van der Waals surface area contributed by atoms with Gasteiger partial charge in [0.2, 0.25) is 0 Å². The molecule has 3 nitrogen and oxygen atoms in total. The van der Waals surface area contributed by atoms with Crippen molar-refractivity contribution in [1.29, 1.82) is 0 Å². The zero-order valence-corrected chi connectivity index (χ0v) is 6.96. The monoisotopic (exact) mass is 151 g/mol. The highest BCUT2D eigenvalue weighted by atomic mass is 15.3. The third-order valence-corrected chi connectivity index (χ3v) is 2.13. The third-order valence-electron chi connectivity index (χ3n) is 2.13. The van der Waals surface area contributed by atoms with Crippen molar-refractivity contribution in [1.82, 2.24) is 15.1 Å². The van der Waals surface area contributed by atoms with Gasteiger partial charge in [0.15, 0.2) is 0 Å². The molecule has 0 saturated carbocycles. The highest BCUT2D eigenvalue weighted by molar-refractivity contribution is 5.20. The van der Waals surface area contributed by atoms with Crippen LogP contribution in [0.5, 0.6) is 0 Å². The molecule has 1 N–H and O–H groups in total. The first-order valence-electron chi connectivity index (χ1n) is 4.00. The van der Waals surface area contributed by atoms with Crippen LogP contribution in [0.25, 0.3) is 0 Å². The van der Waals surface area contributed by atoms with Crippen LogP contribution in [0.15, 0.2) is 6.20 Å². The van der Waals surface area contributed by atoms with E-state index in [0.29, 0.717) is 6.04 Å². The van der Waals surface area contributed by atoms with Gasteiger partial charge in [0, 0.05) is 37.8 Å². The number of fused-ring (bicyclic) bond motifs is 1. The molecule has 1 aromatic rings. The molecule has 2 heterocycles. The lowest BCUT2D eigenvalue weighted by atomic mass is 10.1. The van der Waals surface area contributed by atoms with Crippen molar-refractivity contribution in [3.8, 4) is 0 Å². The Balaban J connectivity index is 2.34. The Morgan fingerprint density at radius 3 is 3.36 bits per heavy atom. The fourth-order valence-electron chi connectivity index (χ4n) is 1.55. The van der Waals surface area contributed by atoms with E-state index in [9.17, 15) is 0 Å². The van der Waals surface area contributed by atoms with Gasteiger partial charge in [0.1, 0.15) is 0 Å². The molecule has 1 atom stereocenters. The summed E-state index contributed by atoms with van der Waals surface area (Å²) in [6.45, 7) is 3.17. The van der Waals surface area contributed by atoms with Crippen LogP contribution in [0.3, 0.4) is 0 Å². The first kappa shape index (κ1) is 6.85. The molecule has 60 valence electrons. The molecule has 0 spiro atoms. The van der Waals surface area contributed by atoms with Crippen LogP contribution in [0.1, 0.15) is 18.2 Å². The topological polar surface area (TPSA) is 29.9 Å². The summed E-state index contributed by atoms with van der Waals surface area (Å²) >= 11 is 0.